The highest BCUT2D eigenvalue weighted by Crippen LogP contribution is 2.31. The average Bonchev–Trinajstić information content (AvgIpc) is 3.10. The molecule has 1 aromatic carbocycles. The Labute approximate surface area is 142 Å². The minimum Gasteiger partial charge on any atom is -0.486 e. The Bertz CT molecular complexity index is 695. The van der Waals surface area contributed by atoms with Crippen LogP contribution in [0.3, 0.4) is 0 Å². The summed E-state index contributed by atoms with van der Waals surface area (Å²) in [6, 6.07) is 8.70. The standard InChI is InChI=1S/C18H22N4O2/c1-21(18-4-6-19-13-20-18)15-5-7-22(12-15)11-14-2-3-16-17(10-14)24-9-8-23-16/h2-4,6,10,13,15H,5,7-9,11-12H2,1H3. The molecule has 4 rings (SSSR count). The molecule has 6 nitrogen and oxygen atoms in total. The van der Waals surface area contributed by atoms with E-state index in [1.54, 1.807) is 12.5 Å². The van der Waals surface area contributed by atoms with E-state index < -0.39 is 0 Å². The number of hydrogen-bond donors (Lipinski definition) is 0. The summed E-state index contributed by atoms with van der Waals surface area (Å²) in [5, 5.41) is 0. The van der Waals surface area contributed by atoms with Crippen molar-refractivity contribution in [3.63, 3.8) is 0 Å². The van der Waals surface area contributed by atoms with Crippen molar-refractivity contribution in [2.45, 2.75) is 19.0 Å². The first-order valence-corrected chi connectivity index (χ1v) is 8.39. The predicted molar refractivity (Wildman–Crippen MR) is 91.5 cm³/mol. The maximum Gasteiger partial charge on any atom is 0.161 e. The van der Waals surface area contributed by atoms with Gasteiger partial charge in [-0.1, -0.05) is 6.07 Å². The third kappa shape index (κ3) is 3.14. The van der Waals surface area contributed by atoms with E-state index in [1.165, 1.54) is 5.56 Å². The lowest BCUT2D eigenvalue weighted by atomic mass is 10.2. The lowest BCUT2D eigenvalue weighted by Gasteiger charge is -2.26. The van der Waals surface area contributed by atoms with Gasteiger partial charge < -0.3 is 14.4 Å². The Balaban J connectivity index is 1.39. The van der Waals surface area contributed by atoms with E-state index in [2.05, 4.69) is 38.9 Å². The molecule has 1 unspecified atom stereocenters. The highest BCUT2D eigenvalue weighted by Gasteiger charge is 2.26. The van der Waals surface area contributed by atoms with E-state index in [4.69, 9.17) is 9.47 Å². The van der Waals surface area contributed by atoms with E-state index in [1.807, 2.05) is 12.1 Å². The SMILES string of the molecule is CN(c1ccncn1)C1CCN(Cc2ccc3c(c2)OCCO3)C1. The van der Waals surface area contributed by atoms with Gasteiger partial charge in [0.05, 0.1) is 0 Å². The van der Waals surface area contributed by atoms with Gasteiger partial charge >= 0.3 is 0 Å². The van der Waals surface area contributed by atoms with Gasteiger partial charge in [0, 0.05) is 38.9 Å². The molecule has 6 heteroatoms. The number of likely N-dealkylation sites (N-methyl/N-ethyl adjacent to an activating group) is 1. The van der Waals surface area contributed by atoms with Crippen LogP contribution in [-0.4, -0.2) is 54.3 Å². The molecule has 2 aromatic rings. The Kier molecular flexibility index (Phi) is 4.21. The summed E-state index contributed by atoms with van der Waals surface area (Å²) >= 11 is 0. The average molecular weight is 326 g/mol. The van der Waals surface area contributed by atoms with Crippen molar-refractivity contribution in [1.82, 2.24) is 14.9 Å². The second-order valence-electron chi connectivity index (χ2n) is 6.33. The fourth-order valence-corrected chi connectivity index (χ4v) is 3.40. The lowest BCUT2D eigenvalue weighted by molar-refractivity contribution is 0.171. The molecule has 1 fully saturated rings. The summed E-state index contributed by atoms with van der Waals surface area (Å²) in [6.45, 7) is 4.33. The molecular weight excluding hydrogens is 304 g/mol. The van der Waals surface area contributed by atoms with E-state index in [0.29, 0.717) is 19.3 Å². The Morgan fingerprint density at radius 1 is 1.21 bits per heavy atom. The number of likely N-dealkylation sites (tertiary alicyclic amines) is 1. The Morgan fingerprint density at radius 2 is 2.08 bits per heavy atom. The molecule has 0 spiro atoms. The van der Waals surface area contributed by atoms with Gasteiger partial charge in [-0.2, -0.15) is 0 Å². The molecule has 0 amide bonds. The van der Waals surface area contributed by atoms with Crippen LogP contribution in [0.2, 0.25) is 0 Å². The fraction of sp³-hybridized carbons (Fsp3) is 0.444. The van der Waals surface area contributed by atoms with Crippen molar-refractivity contribution in [2.75, 3.05) is 38.3 Å². The maximum atomic E-state index is 5.68. The third-order valence-electron chi connectivity index (χ3n) is 4.74. The minimum absolute atomic E-state index is 0.483. The first-order valence-electron chi connectivity index (χ1n) is 8.39. The zero-order valence-electron chi connectivity index (χ0n) is 13.9. The lowest BCUT2D eigenvalue weighted by Crippen LogP contribution is -2.34. The molecule has 2 aliphatic rings. The summed E-state index contributed by atoms with van der Waals surface area (Å²) in [5.74, 6) is 2.71. The fourth-order valence-electron chi connectivity index (χ4n) is 3.40. The van der Waals surface area contributed by atoms with Crippen LogP contribution in [0.25, 0.3) is 0 Å². The monoisotopic (exact) mass is 326 g/mol. The van der Waals surface area contributed by atoms with Crippen LogP contribution < -0.4 is 14.4 Å². The quantitative estimate of drug-likeness (QED) is 0.856. The zero-order chi connectivity index (χ0) is 16.4. The van der Waals surface area contributed by atoms with Crippen LogP contribution in [0.5, 0.6) is 11.5 Å². The topological polar surface area (TPSA) is 50.7 Å². The van der Waals surface area contributed by atoms with Gasteiger partial charge in [-0.05, 0) is 30.2 Å². The van der Waals surface area contributed by atoms with E-state index in [-0.39, 0.29) is 0 Å². The van der Waals surface area contributed by atoms with E-state index >= 15 is 0 Å². The molecule has 0 aliphatic carbocycles. The molecule has 126 valence electrons. The van der Waals surface area contributed by atoms with Gasteiger partial charge in [-0.3, -0.25) is 4.90 Å². The summed E-state index contributed by atoms with van der Waals surface area (Å²) in [4.78, 5) is 13.1. The molecule has 24 heavy (non-hydrogen) atoms. The number of rotatable bonds is 4. The largest absolute Gasteiger partial charge is 0.486 e. The summed E-state index contributed by atoms with van der Waals surface area (Å²) in [6.07, 6.45) is 4.54. The smallest absolute Gasteiger partial charge is 0.161 e. The van der Waals surface area contributed by atoms with Gasteiger partial charge in [0.2, 0.25) is 0 Å². The number of aromatic nitrogens is 2. The van der Waals surface area contributed by atoms with Gasteiger partial charge in [-0.15, -0.1) is 0 Å². The van der Waals surface area contributed by atoms with Crippen molar-refractivity contribution in [3.8, 4) is 11.5 Å². The van der Waals surface area contributed by atoms with Crippen molar-refractivity contribution in [1.29, 1.82) is 0 Å². The first kappa shape index (κ1) is 15.2. The molecule has 0 bridgehead atoms. The minimum atomic E-state index is 0.483. The predicted octanol–water partition coefficient (Wildman–Crippen LogP) is 1.96. The van der Waals surface area contributed by atoms with Gasteiger partial charge in [0.15, 0.2) is 11.5 Å². The highest BCUT2D eigenvalue weighted by atomic mass is 16.6. The molecule has 0 saturated carbocycles. The molecule has 3 heterocycles. The Hall–Kier alpha value is -2.34. The summed E-state index contributed by atoms with van der Waals surface area (Å²) in [7, 11) is 2.11. The summed E-state index contributed by atoms with van der Waals surface area (Å²) in [5.41, 5.74) is 1.27. The van der Waals surface area contributed by atoms with Crippen molar-refractivity contribution in [3.05, 3.63) is 42.4 Å². The number of anilines is 1. The molecule has 0 radical (unpaired) electrons. The second-order valence-corrected chi connectivity index (χ2v) is 6.33. The molecular formula is C18H22N4O2. The highest BCUT2D eigenvalue weighted by molar-refractivity contribution is 5.44. The van der Waals surface area contributed by atoms with Crippen molar-refractivity contribution in [2.24, 2.45) is 0 Å². The third-order valence-corrected chi connectivity index (χ3v) is 4.74. The van der Waals surface area contributed by atoms with Gasteiger partial charge in [-0.25, -0.2) is 9.97 Å². The molecule has 0 N–H and O–H groups in total. The van der Waals surface area contributed by atoms with Crippen LogP contribution in [0.15, 0.2) is 36.8 Å². The van der Waals surface area contributed by atoms with Gasteiger partial charge in [0.25, 0.3) is 0 Å². The molecule has 1 saturated heterocycles. The first-order chi connectivity index (χ1) is 11.8. The van der Waals surface area contributed by atoms with E-state index in [0.717, 1.165) is 43.4 Å². The molecule has 1 atom stereocenters. The zero-order valence-corrected chi connectivity index (χ0v) is 13.9. The Morgan fingerprint density at radius 3 is 2.92 bits per heavy atom. The maximum absolute atomic E-state index is 5.68. The second kappa shape index (κ2) is 6.65. The van der Waals surface area contributed by atoms with Crippen molar-refractivity contribution >= 4 is 5.82 Å². The number of fused-ring (bicyclic) bond motifs is 1. The van der Waals surface area contributed by atoms with Crippen molar-refractivity contribution < 1.29 is 9.47 Å². The summed E-state index contributed by atoms with van der Waals surface area (Å²) < 4.78 is 11.3. The van der Waals surface area contributed by atoms with Crippen LogP contribution >= 0.6 is 0 Å². The van der Waals surface area contributed by atoms with Crippen LogP contribution in [0, 0.1) is 0 Å². The molecule has 1 aromatic heterocycles. The van der Waals surface area contributed by atoms with E-state index in [9.17, 15) is 0 Å². The number of ether oxygens (including phenoxy) is 2. The number of benzene rings is 1. The van der Waals surface area contributed by atoms with Crippen LogP contribution in [0.4, 0.5) is 5.82 Å². The number of hydrogen-bond acceptors (Lipinski definition) is 6. The molecule has 2 aliphatic heterocycles. The van der Waals surface area contributed by atoms with Crippen LogP contribution in [-0.2, 0) is 6.54 Å². The normalized spacial score (nSPS) is 20.1. The van der Waals surface area contributed by atoms with Crippen LogP contribution in [0.1, 0.15) is 12.0 Å². The van der Waals surface area contributed by atoms with Gasteiger partial charge in [0.1, 0.15) is 25.4 Å². The number of nitrogens with zero attached hydrogens (tertiary/aromatic N) is 4.